The smallest absolute Gasteiger partial charge is 0.245 e. The number of amides is 3. The van der Waals surface area contributed by atoms with Gasteiger partial charge in [-0.25, -0.2) is 0 Å². The van der Waals surface area contributed by atoms with Gasteiger partial charge in [0.05, 0.1) is 12.6 Å². The van der Waals surface area contributed by atoms with Crippen LogP contribution in [0.1, 0.15) is 43.2 Å². The van der Waals surface area contributed by atoms with E-state index in [9.17, 15) is 24.6 Å². The predicted octanol–water partition coefficient (Wildman–Crippen LogP) is 2.00. The Hall–Kier alpha value is -3.89. The first-order valence-corrected chi connectivity index (χ1v) is 14.7. The van der Waals surface area contributed by atoms with E-state index in [-0.39, 0.29) is 30.5 Å². The number of benzene rings is 2. The summed E-state index contributed by atoms with van der Waals surface area (Å²) in [4.78, 5) is 41.9. The molecule has 226 valence electrons. The molecule has 3 amide bonds. The van der Waals surface area contributed by atoms with Crippen molar-refractivity contribution in [2.45, 2.75) is 56.7 Å². The van der Waals surface area contributed by atoms with Crippen LogP contribution >= 0.6 is 0 Å². The Balaban J connectivity index is 1.62. The average Bonchev–Trinajstić information content (AvgIpc) is 3.00. The number of aliphatic hydroxyl groups excluding tert-OH is 1. The minimum Gasteiger partial charge on any atom is -0.508 e. The van der Waals surface area contributed by atoms with E-state index in [4.69, 9.17) is 4.74 Å². The van der Waals surface area contributed by atoms with Crippen molar-refractivity contribution in [1.29, 1.82) is 0 Å². The Morgan fingerprint density at radius 3 is 2.45 bits per heavy atom. The number of phenolic OH excluding ortho intramolecular Hbond substituents is 1. The van der Waals surface area contributed by atoms with Crippen molar-refractivity contribution in [3.63, 3.8) is 0 Å². The zero-order valence-corrected chi connectivity index (χ0v) is 24.1. The van der Waals surface area contributed by atoms with Crippen LogP contribution in [0.4, 0.5) is 0 Å². The molecule has 10 nitrogen and oxygen atoms in total. The predicted molar refractivity (Wildman–Crippen MR) is 160 cm³/mol. The summed E-state index contributed by atoms with van der Waals surface area (Å²) < 4.78 is 6.06. The monoisotopic (exact) mass is 578 g/mol. The number of phenols is 1. The van der Waals surface area contributed by atoms with Crippen LogP contribution in [0.3, 0.4) is 0 Å². The van der Waals surface area contributed by atoms with Crippen molar-refractivity contribution in [3.05, 3.63) is 65.7 Å². The molecule has 1 fully saturated rings. The number of likely N-dealkylation sites (N-methyl/N-ethyl adjacent to an activating group) is 1. The van der Waals surface area contributed by atoms with Crippen molar-refractivity contribution in [3.8, 4) is 11.5 Å². The maximum absolute atomic E-state index is 13.8. The molecule has 2 aliphatic rings. The lowest BCUT2D eigenvalue weighted by Crippen LogP contribution is -2.59. The lowest BCUT2D eigenvalue weighted by molar-refractivity contribution is -0.144. The van der Waals surface area contributed by atoms with Gasteiger partial charge in [-0.2, -0.15) is 0 Å². The fraction of sp³-hybridized carbons (Fsp3) is 0.469. The van der Waals surface area contributed by atoms with Gasteiger partial charge in [-0.15, -0.1) is 0 Å². The molecule has 1 saturated carbocycles. The summed E-state index contributed by atoms with van der Waals surface area (Å²) in [5, 5.41) is 28.9. The summed E-state index contributed by atoms with van der Waals surface area (Å²) >= 11 is 0. The standard InChI is InChI=1S/C32H42N4O6/c1-36-27(21-37)31(40)35-26(20-22-13-15-25(38)16-14-22)30(39)34-17-7-11-23-8-5-6-12-28(23)42-19-18-33-29(32(36)41)24-9-3-2-4-10-24/h5-8,11-16,24,26-27,29,33,37-38H,2-4,9-10,17-21H2,1H3,(H,34,39)(H,35,40)/b11-7+/t26?,27-,29-/m0/s1. The second kappa shape index (κ2) is 15.4. The fourth-order valence-corrected chi connectivity index (χ4v) is 5.62. The lowest BCUT2D eigenvalue weighted by atomic mass is 9.83. The van der Waals surface area contributed by atoms with Crippen molar-refractivity contribution in [1.82, 2.24) is 20.9 Å². The fourth-order valence-electron chi connectivity index (χ4n) is 5.62. The molecular formula is C32H42N4O6. The highest BCUT2D eigenvalue weighted by Crippen LogP contribution is 2.28. The molecule has 5 N–H and O–H groups in total. The molecule has 1 heterocycles. The van der Waals surface area contributed by atoms with Crippen LogP contribution in [0.5, 0.6) is 11.5 Å². The molecule has 2 aromatic carbocycles. The van der Waals surface area contributed by atoms with E-state index < -0.39 is 36.5 Å². The van der Waals surface area contributed by atoms with Gasteiger partial charge in [-0.05, 0) is 42.5 Å². The molecule has 2 aromatic rings. The van der Waals surface area contributed by atoms with Crippen molar-refractivity contribution < 1.29 is 29.3 Å². The number of nitrogens with zero attached hydrogens (tertiary/aromatic N) is 1. The van der Waals surface area contributed by atoms with E-state index in [0.717, 1.165) is 43.2 Å². The van der Waals surface area contributed by atoms with E-state index in [1.54, 1.807) is 12.1 Å². The molecule has 1 aliphatic carbocycles. The molecule has 0 spiro atoms. The van der Waals surface area contributed by atoms with Gasteiger partial charge in [-0.1, -0.05) is 61.7 Å². The zero-order chi connectivity index (χ0) is 29.9. The SMILES string of the molecule is CN1C(=O)[C@H](C2CCCCC2)NCCOc2ccccc2/C=C/CNC(=O)C(Cc2ccc(O)cc2)NC(=O)[C@@H]1CO. The van der Waals surface area contributed by atoms with Crippen LogP contribution in [-0.2, 0) is 20.8 Å². The number of aromatic hydroxyl groups is 1. The number of para-hydroxylation sites is 1. The Morgan fingerprint density at radius 2 is 1.71 bits per heavy atom. The van der Waals surface area contributed by atoms with Gasteiger partial charge in [0, 0.05) is 32.1 Å². The summed E-state index contributed by atoms with van der Waals surface area (Å²) in [6, 6.07) is 11.3. The minimum atomic E-state index is -1.18. The van der Waals surface area contributed by atoms with Crippen LogP contribution in [0, 0.1) is 5.92 Å². The summed E-state index contributed by atoms with van der Waals surface area (Å²) in [7, 11) is 1.52. The summed E-state index contributed by atoms with van der Waals surface area (Å²) in [6.45, 7) is 0.382. The minimum absolute atomic E-state index is 0.0907. The van der Waals surface area contributed by atoms with Gasteiger partial charge < -0.3 is 35.8 Å². The first-order valence-electron chi connectivity index (χ1n) is 14.7. The van der Waals surface area contributed by atoms with Gasteiger partial charge in [0.15, 0.2) is 0 Å². The number of nitrogens with one attached hydrogen (secondary N) is 3. The molecule has 10 heteroatoms. The topological polar surface area (TPSA) is 140 Å². The summed E-state index contributed by atoms with van der Waals surface area (Å²) in [5.41, 5.74) is 1.58. The average molecular weight is 579 g/mol. The third kappa shape index (κ3) is 8.33. The van der Waals surface area contributed by atoms with Crippen molar-refractivity contribution in [2.24, 2.45) is 5.92 Å². The number of ether oxygens (including phenoxy) is 1. The highest BCUT2D eigenvalue weighted by molar-refractivity contribution is 5.93. The summed E-state index contributed by atoms with van der Waals surface area (Å²) in [5.74, 6) is -0.431. The largest absolute Gasteiger partial charge is 0.508 e. The van der Waals surface area contributed by atoms with Gasteiger partial charge in [0.1, 0.15) is 30.2 Å². The highest BCUT2D eigenvalue weighted by Gasteiger charge is 2.36. The van der Waals surface area contributed by atoms with Crippen LogP contribution in [0.25, 0.3) is 6.08 Å². The number of hydrogen-bond acceptors (Lipinski definition) is 7. The van der Waals surface area contributed by atoms with Crippen LogP contribution in [-0.4, -0.2) is 84.3 Å². The highest BCUT2D eigenvalue weighted by atomic mass is 16.5. The lowest BCUT2D eigenvalue weighted by Gasteiger charge is -2.35. The zero-order valence-electron chi connectivity index (χ0n) is 24.1. The number of carbonyl (C=O) groups is 3. The molecule has 0 radical (unpaired) electrons. The maximum Gasteiger partial charge on any atom is 0.245 e. The van der Waals surface area contributed by atoms with Crippen LogP contribution in [0.15, 0.2) is 54.6 Å². The van der Waals surface area contributed by atoms with Crippen molar-refractivity contribution in [2.75, 3.05) is 33.4 Å². The Morgan fingerprint density at radius 1 is 0.976 bits per heavy atom. The van der Waals surface area contributed by atoms with E-state index in [1.165, 1.54) is 24.1 Å². The van der Waals surface area contributed by atoms with Gasteiger partial charge in [0.2, 0.25) is 17.7 Å². The normalized spacial score (nSPS) is 24.4. The molecule has 3 atom stereocenters. The van der Waals surface area contributed by atoms with Crippen LogP contribution < -0.4 is 20.7 Å². The Kier molecular flexibility index (Phi) is 11.4. The van der Waals surface area contributed by atoms with Crippen LogP contribution in [0.2, 0.25) is 0 Å². The molecule has 4 rings (SSSR count). The summed E-state index contributed by atoms with van der Waals surface area (Å²) in [6.07, 6.45) is 8.83. The Labute approximate surface area is 247 Å². The molecule has 0 aromatic heterocycles. The third-order valence-corrected chi connectivity index (χ3v) is 8.02. The quantitative estimate of drug-likeness (QED) is 0.374. The number of hydrogen-bond donors (Lipinski definition) is 5. The van der Waals surface area contributed by atoms with Gasteiger partial charge >= 0.3 is 0 Å². The Bertz CT molecular complexity index is 1230. The van der Waals surface area contributed by atoms with Gasteiger partial charge in [-0.3, -0.25) is 14.4 Å². The number of rotatable bonds is 4. The van der Waals surface area contributed by atoms with E-state index in [1.807, 2.05) is 36.4 Å². The number of carbonyl (C=O) groups excluding carboxylic acids is 3. The number of fused-ring (bicyclic) bond motifs is 1. The van der Waals surface area contributed by atoms with E-state index in [0.29, 0.717) is 18.9 Å². The molecular weight excluding hydrogens is 536 g/mol. The maximum atomic E-state index is 13.8. The molecule has 0 bridgehead atoms. The number of aliphatic hydroxyl groups is 1. The first-order chi connectivity index (χ1) is 20.4. The third-order valence-electron chi connectivity index (χ3n) is 8.02. The first kappa shape index (κ1) is 31.1. The molecule has 1 unspecified atom stereocenters. The van der Waals surface area contributed by atoms with E-state index >= 15 is 0 Å². The van der Waals surface area contributed by atoms with E-state index in [2.05, 4.69) is 16.0 Å². The second-order valence-electron chi connectivity index (χ2n) is 10.9. The molecule has 42 heavy (non-hydrogen) atoms. The van der Waals surface area contributed by atoms with Gasteiger partial charge in [0.25, 0.3) is 0 Å². The van der Waals surface area contributed by atoms with Crippen molar-refractivity contribution >= 4 is 23.8 Å². The molecule has 1 aliphatic heterocycles. The second-order valence-corrected chi connectivity index (χ2v) is 10.9. The molecule has 0 saturated heterocycles.